The van der Waals surface area contributed by atoms with Gasteiger partial charge in [-0.3, -0.25) is 4.79 Å². The van der Waals surface area contributed by atoms with Gasteiger partial charge in [-0.05, 0) is 36.2 Å². The monoisotopic (exact) mass is 369 g/mol. The average Bonchev–Trinajstić information content (AvgIpc) is 3.15. The summed E-state index contributed by atoms with van der Waals surface area (Å²) in [5.74, 6) is 1.82. The summed E-state index contributed by atoms with van der Waals surface area (Å²) < 4.78 is 21.6. The molecule has 1 aromatic heterocycles. The van der Waals surface area contributed by atoms with Crippen molar-refractivity contribution >= 4 is 16.9 Å². The van der Waals surface area contributed by atoms with Gasteiger partial charge in [-0.2, -0.15) is 0 Å². The fraction of sp³-hybridized carbons (Fsp3) is 0.286. The Hall–Kier alpha value is -3.15. The minimum absolute atomic E-state index is 0.188. The molecule has 0 aliphatic carbocycles. The predicted molar refractivity (Wildman–Crippen MR) is 103 cm³/mol. The van der Waals surface area contributed by atoms with Gasteiger partial charge >= 0.3 is 0 Å². The number of hydrogen-bond donors (Lipinski definition) is 1. The molecule has 0 spiro atoms. The van der Waals surface area contributed by atoms with Gasteiger partial charge in [-0.25, -0.2) is 0 Å². The number of carbonyl (C=O) groups excluding carboxylic acids is 1. The van der Waals surface area contributed by atoms with Crippen LogP contribution in [0.5, 0.6) is 17.2 Å². The van der Waals surface area contributed by atoms with Gasteiger partial charge in [0.25, 0.3) is 5.91 Å². The molecule has 1 N–H and O–H groups in total. The summed E-state index contributed by atoms with van der Waals surface area (Å²) in [6.45, 7) is 2.00. The smallest absolute Gasteiger partial charge is 0.287 e. The topological polar surface area (TPSA) is 69.9 Å². The van der Waals surface area contributed by atoms with Crippen molar-refractivity contribution in [3.8, 4) is 17.2 Å². The number of nitrogens with one attached hydrogen (secondary N) is 1. The molecular weight excluding hydrogens is 346 g/mol. The fourth-order valence-corrected chi connectivity index (χ4v) is 3.03. The number of amides is 1. The number of furan rings is 1. The van der Waals surface area contributed by atoms with Gasteiger partial charge in [0.1, 0.15) is 0 Å². The van der Waals surface area contributed by atoms with Crippen LogP contribution in [0, 0.1) is 0 Å². The van der Waals surface area contributed by atoms with E-state index in [1.807, 2.05) is 37.3 Å². The number of ether oxygens (including phenoxy) is 3. The second-order valence-electron chi connectivity index (χ2n) is 6.04. The van der Waals surface area contributed by atoms with Gasteiger partial charge in [0.15, 0.2) is 28.6 Å². The van der Waals surface area contributed by atoms with E-state index in [1.165, 1.54) is 0 Å². The highest BCUT2D eigenvalue weighted by molar-refractivity contribution is 5.97. The van der Waals surface area contributed by atoms with Crippen LogP contribution >= 0.6 is 0 Å². The molecule has 0 aliphatic heterocycles. The molecule has 0 radical (unpaired) electrons. The lowest BCUT2D eigenvalue weighted by atomic mass is 10.0. The van der Waals surface area contributed by atoms with Crippen molar-refractivity contribution in [2.24, 2.45) is 0 Å². The van der Waals surface area contributed by atoms with E-state index in [0.29, 0.717) is 29.3 Å². The van der Waals surface area contributed by atoms with Crippen molar-refractivity contribution in [1.82, 2.24) is 5.32 Å². The largest absolute Gasteiger partial charge is 0.493 e. The van der Waals surface area contributed by atoms with E-state index < -0.39 is 0 Å². The Kier molecular flexibility index (Phi) is 5.54. The minimum Gasteiger partial charge on any atom is -0.493 e. The first-order chi connectivity index (χ1) is 13.1. The minimum atomic E-state index is -0.283. The second-order valence-corrected chi connectivity index (χ2v) is 6.04. The highest BCUT2D eigenvalue weighted by atomic mass is 16.5. The van der Waals surface area contributed by atoms with Gasteiger partial charge in [0.2, 0.25) is 0 Å². The van der Waals surface area contributed by atoms with Crippen LogP contribution in [0.15, 0.2) is 46.9 Å². The molecule has 6 heteroatoms. The molecule has 3 rings (SSSR count). The van der Waals surface area contributed by atoms with Crippen molar-refractivity contribution in [1.29, 1.82) is 0 Å². The molecule has 0 aliphatic rings. The molecular formula is C21H23NO5. The SMILES string of the molecule is CC[C@@H](NC(=O)c1cc2cccc(OC)c2o1)c1ccc(OC)c(OC)c1. The maximum absolute atomic E-state index is 12.7. The Balaban J connectivity index is 1.85. The van der Waals surface area contributed by atoms with Crippen molar-refractivity contribution < 1.29 is 23.4 Å². The Labute approximate surface area is 158 Å². The quantitative estimate of drug-likeness (QED) is 0.671. The standard InChI is InChI=1S/C21H23NO5/c1-5-15(13-9-10-16(24-2)18(11-13)26-4)22-21(23)19-12-14-7-6-8-17(25-3)20(14)27-19/h6-12,15H,5H2,1-4H3,(H,22,23)/t15-/m1/s1. The summed E-state index contributed by atoms with van der Waals surface area (Å²) in [5, 5.41) is 3.83. The molecule has 0 unspecified atom stereocenters. The molecule has 0 fully saturated rings. The zero-order valence-electron chi connectivity index (χ0n) is 15.9. The molecule has 1 heterocycles. The van der Waals surface area contributed by atoms with Gasteiger partial charge in [-0.15, -0.1) is 0 Å². The Bertz CT molecular complexity index is 947. The number of para-hydroxylation sites is 1. The van der Waals surface area contributed by atoms with Crippen LogP contribution in [0.2, 0.25) is 0 Å². The van der Waals surface area contributed by atoms with E-state index in [2.05, 4.69) is 5.32 Å². The van der Waals surface area contributed by atoms with Gasteiger partial charge < -0.3 is 23.9 Å². The number of hydrogen-bond acceptors (Lipinski definition) is 5. The van der Waals surface area contributed by atoms with E-state index in [9.17, 15) is 4.79 Å². The Morgan fingerprint density at radius 2 is 1.74 bits per heavy atom. The molecule has 2 aromatic carbocycles. The predicted octanol–water partition coefficient (Wildman–Crippen LogP) is 4.34. The summed E-state index contributed by atoms with van der Waals surface area (Å²) in [5.41, 5.74) is 1.49. The molecule has 0 bridgehead atoms. The molecule has 6 nitrogen and oxygen atoms in total. The summed E-state index contributed by atoms with van der Waals surface area (Å²) in [7, 11) is 4.75. The fourth-order valence-electron chi connectivity index (χ4n) is 3.03. The third kappa shape index (κ3) is 3.69. The molecule has 27 heavy (non-hydrogen) atoms. The zero-order valence-corrected chi connectivity index (χ0v) is 15.9. The Morgan fingerprint density at radius 3 is 2.41 bits per heavy atom. The highest BCUT2D eigenvalue weighted by Gasteiger charge is 2.20. The maximum Gasteiger partial charge on any atom is 0.287 e. The summed E-state index contributed by atoms with van der Waals surface area (Å²) in [4.78, 5) is 12.7. The third-order valence-electron chi connectivity index (χ3n) is 4.48. The maximum atomic E-state index is 12.7. The lowest BCUT2D eigenvalue weighted by Gasteiger charge is -2.18. The lowest BCUT2D eigenvalue weighted by Crippen LogP contribution is -2.27. The van der Waals surface area contributed by atoms with E-state index in [1.54, 1.807) is 33.5 Å². The molecule has 142 valence electrons. The first-order valence-electron chi connectivity index (χ1n) is 8.70. The van der Waals surface area contributed by atoms with Crippen LogP contribution in [0.25, 0.3) is 11.0 Å². The van der Waals surface area contributed by atoms with Crippen molar-refractivity contribution in [2.45, 2.75) is 19.4 Å². The number of rotatable bonds is 7. The Morgan fingerprint density at radius 1 is 1.00 bits per heavy atom. The molecule has 0 saturated carbocycles. The van der Waals surface area contributed by atoms with Gasteiger partial charge in [-0.1, -0.05) is 25.1 Å². The number of carbonyl (C=O) groups is 1. The molecule has 1 atom stereocenters. The van der Waals surface area contributed by atoms with Crippen molar-refractivity contribution in [3.05, 3.63) is 53.8 Å². The van der Waals surface area contributed by atoms with Gasteiger partial charge in [0, 0.05) is 5.39 Å². The van der Waals surface area contributed by atoms with E-state index in [4.69, 9.17) is 18.6 Å². The first kappa shape index (κ1) is 18.6. The normalized spacial score (nSPS) is 11.9. The van der Waals surface area contributed by atoms with Gasteiger partial charge in [0.05, 0.1) is 27.4 Å². The van der Waals surface area contributed by atoms with Crippen molar-refractivity contribution in [2.75, 3.05) is 21.3 Å². The van der Waals surface area contributed by atoms with Crippen LogP contribution in [-0.4, -0.2) is 27.2 Å². The number of fused-ring (bicyclic) bond motifs is 1. The molecule has 0 saturated heterocycles. The van der Waals surface area contributed by atoms with Crippen LogP contribution in [-0.2, 0) is 0 Å². The van der Waals surface area contributed by atoms with E-state index in [-0.39, 0.29) is 17.7 Å². The lowest BCUT2D eigenvalue weighted by molar-refractivity contribution is 0.0909. The number of methoxy groups -OCH3 is 3. The van der Waals surface area contributed by atoms with Crippen LogP contribution < -0.4 is 19.5 Å². The van der Waals surface area contributed by atoms with Crippen LogP contribution in [0.3, 0.4) is 0 Å². The second kappa shape index (κ2) is 8.03. The van der Waals surface area contributed by atoms with Crippen molar-refractivity contribution in [3.63, 3.8) is 0 Å². The molecule has 1 amide bonds. The first-order valence-corrected chi connectivity index (χ1v) is 8.70. The van der Waals surface area contributed by atoms with Crippen LogP contribution in [0.1, 0.15) is 35.5 Å². The van der Waals surface area contributed by atoms with E-state index >= 15 is 0 Å². The number of benzene rings is 2. The summed E-state index contributed by atoms with van der Waals surface area (Å²) in [6, 6.07) is 12.7. The van der Waals surface area contributed by atoms with E-state index in [0.717, 1.165) is 10.9 Å². The highest BCUT2D eigenvalue weighted by Crippen LogP contribution is 2.32. The zero-order chi connectivity index (χ0) is 19.4. The summed E-state index contributed by atoms with van der Waals surface area (Å²) in [6.07, 6.45) is 0.713. The molecule has 3 aromatic rings. The van der Waals surface area contributed by atoms with Crippen LogP contribution in [0.4, 0.5) is 0 Å². The third-order valence-corrected chi connectivity index (χ3v) is 4.48. The summed E-state index contributed by atoms with van der Waals surface area (Å²) >= 11 is 0. The average molecular weight is 369 g/mol.